The Kier molecular flexibility index (Phi) is 1.81. The van der Waals surface area contributed by atoms with Crippen LogP contribution in [0.5, 0.6) is 0 Å². The topological polar surface area (TPSA) is 51.0 Å². The standard InChI is InChI=1S/C8H11N3O/c1-6-8(10-11-12-6)7-4-2-3-5-9-7/h3,5,7,9H,2,4H2,1H3. The number of aromatic nitrogens is 2. The molecule has 1 aromatic rings. The third kappa shape index (κ3) is 1.20. The molecule has 0 saturated heterocycles. The van der Waals surface area contributed by atoms with Gasteiger partial charge in [0.15, 0.2) is 5.76 Å². The molecule has 0 aromatic carbocycles. The maximum Gasteiger partial charge on any atom is 0.159 e. The second-order valence-electron chi connectivity index (χ2n) is 2.91. The van der Waals surface area contributed by atoms with Crippen LogP contribution in [-0.4, -0.2) is 10.4 Å². The van der Waals surface area contributed by atoms with Gasteiger partial charge in [-0.2, -0.15) is 0 Å². The van der Waals surface area contributed by atoms with Crippen molar-refractivity contribution in [2.75, 3.05) is 0 Å². The zero-order valence-corrected chi connectivity index (χ0v) is 6.95. The molecule has 4 nitrogen and oxygen atoms in total. The van der Waals surface area contributed by atoms with Crippen molar-refractivity contribution >= 4 is 0 Å². The summed E-state index contributed by atoms with van der Waals surface area (Å²) in [5.74, 6) is 0.808. The molecule has 0 bridgehead atoms. The Morgan fingerprint density at radius 1 is 1.67 bits per heavy atom. The van der Waals surface area contributed by atoms with Crippen molar-refractivity contribution in [3.8, 4) is 0 Å². The van der Waals surface area contributed by atoms with Gasteiger partial charge in [0.2, 0.25) is 0 Å². The zero-order chi connectivity index (χ0) is 8.39. The van der Waals surface area contributed by atoms with Crippen molar-refractivity contribution in [3.05, 3.63) is 23.7 Å². The smallest absolute Gasteiger partial charge is 0.159 e. The number of hydrogen-bond donors (Lipinski definition) is 1. The van der Waals surface area contributed by atoms with Crippen LogP contribution in [0.3, 0.4) is 0 Å². The number of hydrogen-bond acceptors (Lipinski definition) is 4. The molecule has 1 aliphatic heterocycles. The number of allylic oxidation sites excluding steroid dienone is 1. The summed E-state index contributed by atoms with van der Waals surface area (Å²) in [6.45, 7) is 1.88. The molecule has 1 N–H and O–H groups in total. The van der Waals surface area contributed by atoms with E-state index in [9.17, 15) is 0 Å². The number of nitrogens with zero attached hydrogens (tertiary/aromatic N) is 2. The summed E-state index contributed by atoms with van der Waals surface area (Å²) in [5.41, 5.74) is 0.930. The van der Waals surface area contributed by atoms with Gasteiger partial charge in [-0.25, -0.2) is 0 Å². The lowest BCUT2D eigenvalue weighted by Gasteiger charge is -2.17. The fraction of sp³-hybridized carbons (Fsp3) is 0.500. The number of aryl methyl sites for hydroxylation is 1. The molecule has 1 aromatic heterocycles. The summed E-state index contributed by atoms with van der Waals surface area (Å²) in [7, 11) is 0. The van der Waals surface area contributed by atoms with Crippen LogP contribution in [0.25, 0.3) is 0 Å². The van der Waals surface area contributed by atoms with Crippen LogP contribution < -0.4 is 5.32 Å². The van der Waals surface area contributed by atoms with Gasteiger partial charge in [0.25, 0.3) is 0 Å². The first kappa shape index (κ1) is 7.34. The lowest BCUT2D eigenvalue weighted by molar-refractivity contribution is 0.373. The highest BCUT2D eigenvalue weighted by Crippen LogP contribution is 2.21. The summed E-state index contributed by atoms with van der Waals surface area (Å²) in [6.07, 6.45) is 6.22. The van der Waals surface area contributed by atoms with Crippen LogP contribution in [-0.2, 0) is 0 Å². The van der Waals surface area contributed by atoms with E-state index in [1.807, 2.05) is 13.1 Å². The lowest BCUT2D eigenvalue weighted by Crippen LogP contribution is -2.19. The summed E-state index contributed by atoms with van der Waals surface area (Å²) in [6, 6.07) is 0.279. The minimum Gasteiger partial charge on any atom is -0.383 e. The van der Waals surface area contributed by atoms with Crippen molar-refractivity contribution in [1.29, 1.82) is 0 Å². The second-order valence-corrected chi connectivity index (χ2v) is 2.91. The van der Waals surface area contributed by atoms with E-state index in [0.29, 0.717) is 0 Å². The van der Waals surface area contributed by atoms with Gasteiger partial charge in [0, 0.05) is 5.27 Å². The Hall–Kier alpha value is -1.32. The summed E-state index contributed by atoms with van der Waals surface area (Å²) in [5, 5.41) is 10.7. The van der Waals surface area contributed by atoms with Crippen LogP contribution in [0.1, 0.15) is 30.3 Å². The molecular formula is C8H11N3O. The first-order valence-electron chi connectivity index (χ1n) is 4.08. The molecule has 0 saturated carbocycles. The first-order valence-corrected chi connectivity index (χ1v) is 4.08. The Bertz CT molecular complexity index is 292. The van der Waals surface area contributed by atoms with Gasteiger partial charge >= 0.3 is 0 Å². The third-order valence-electron chi connectivity index (χ3n) is 2.05. The molecular weight excluding hydrogens is 154 g/mol. The molecule has 0 radical (unpaired) electrons. The monoisotopic (exact) mass is 165 g/mol. The molecule has 0 amide bonds. The quantitative estimate of drug-likeness (QED) is 0.681. The van der Waals surface area contributed by atoms with Gasteiger partial charge in [0.05, 0.1) is 6.04 Å². The van der Waals surface area contributed by atoms with E-state index in [2.05, 4.69) is 21.8 Å². The average molecular weight is 165 g/mol. The van der Waals surface area contributed by atoms with E-state index in [1.165, 1.54) is 0 Å². The average Bonchev–Trinajstić information content (AvgIpc) is 2.53. The van der Waals surface area contributed by atoms with E-state index >= 15 is 0 Å². The molecule has 1 aliphatic rings. The first-order chi connectivity index (χ1) is 5.88. The van der Waals surface area contributed by atoms with Gasteiger partial charge in [-0.1, -0.05) is 6.08 Å². The molecule has 0 spiro atoms. The fourth-order valence-corrected chi connectivity index (χ4v) is 1.39. The molecule has 1 unspecified atom stereocenters. The van der Waals surface area contributed by atoms with Crippen LogP contribution >= 0.6 is 0 Å². The molecule has 4 heteroatoms. The lowest BCUT2D eigenvalue weighted by atomic mass is 10.0. The summed E-state index contributed by atoms with van der Waals surface area (Å²) in [4.78, 5) is 0. The zero-order valence-electron chi connectivity index (χ0n) is 6.95. The highest BCUT2D eigenvalue weighted by Gasteiger charge is 2.18. The molecule has 0 fully saturated rings. The minimum absolute atomic E-state index is 0.279. The summed E-state index contributed by atoms with van der Waals surface area (Å²) >= 11 is 0. The highest BCUT2D eigenvalue weighted by molar-refractivity contribution is 5.11. The maximum atomic E-state index is 4.89. The molecule has 12 heavy (non-hydrogen) atoms. The Morgan fingerprint density at radius 3 is 3.17 bits per heavy atom. The Balaban J connectivity index is 2.19. The van der Waals surface area contributed by atoms with E-state index in [-0.39, 0.29) is 6.04 Å². The van der Waals surface area contributed by atoms with Crippen molar-refractivity contribution in [2.45, 2.75) is 25.8 Å². The van der Waals surface area contributed by atoms with Crippen molar-refractivity contribution in [2.24, 2.45) is 0 Å². The molecule has 0 aliphatic carbocycles. The van der Waals surface area contributed by atoms with Gasteiger partial charge in [-0.05, 0) is 26.0 Å². The normalized spacial score (nSPS) is 22.2. The van der Waals surface area contributed by atoms with Crippen LogP contribution in [0.2, 0.25) is 0 Å². The second kappa shape index (κ2) is 2.97. The minimum atomic E-state index is 0.279. The summed E-state index contributed by atoms with van der Waals surface area (Å²) < 4.78 is 4.89. The Morgan fingerprint density at radius 2 is 2.58 bits per heavy atom. The van der Waals surface area contributed by atoms with Crippen molar-refractivity contribution < 1.29 is 4.52 Å². The van der Waals surface area contributed by atoms with Crippen molar-refractivity contribution in [1.82, 2.24) is 15.7 Å². The molecule has 64 valence electrons. The highest BCUT2D eigenvalue weighted by atomic mass is 16.5. The van der Waals surface area contributed by atoms with E-state index in [0.717, 1.165) is 24.3 Å². The van der Waals surface area contributed by atoms with Crippen molar-refractivity contribution in [3.63, 3.8) is 0 Å². The predicted octanol–water partition coefficient (Wildman–Crippen LogP) is 1.32. The predicted molar refractivity (Wildman–Crippen MR) is 43.3 cm³/mol. The van der Waals surface area contributed by atoms with Gasteiger partial charge in [-0.3, -0.25) is 0 Å². The third-order valence-corrected chi connectivity index (χ3v) is 2.05. The molecule has 1 atom stereocenters. The van der Waals surface area contributed by atoms with Gasteiger partial charge < -0.3 is 9.84 Å². The van der Waals surface area contributed by atoms with E-state index in [1.54, 1.807) is 0 Å². The van der Waals surface area contributed by atoms with Crippen LogP contribution in [0, 0.1) is 6.92 Å². The number of rotatable bonds is 1. The Labute approximate surface area is 70.6 Å². The van der Waals surface area contributed by atoms with E-state index < -0.39 is 0 Å². The fourth-order valence-electron chi connectivity index (χ4n) is 1.39. The largest absolute Gasteiger partial charge is 0.383 e. The number of nitrogens with one attached hydrogen (secondary N) is 1. The van der Waals surface area contributed by atoms with E-state index in [4.69, 9.17) is 4.52 Å². The SMILES string of the molecule is Cc1onnc1C1CCC=CN1. The van der Waals surface area contributed by atoms with Crippen LogP contribution in [0.4, 0.5) is 0 Å². The molecule has 2 heterocycles. The van der Waals surface area contributed by atoms with Crippen LogP contribution in [0.15, 0.2) is 16.8 Å². The van der Waals surface area contributed by atoms with Gasteiger partial charge in [-0.15, -0.1) is 5.10 Å². The van der Waals surface area contributed by atoms with Gasteiger partial charge in [0.1, 0.15) is 5.69 Å². The molecule has 2 rings (SSSR count). The maximum absolute atomic E-state index is 4.89.